The smallest absolute Gasteiger partial charge is 0.462 e. The van der Waals surface area contributed by atoms with Crippen LogP contribution in [0.3, 0.4) is 0 Å². The van der Waals surface area contributed by atoms with Crippen LogP contribution in [0.5, 0.6) is 0 Å². The predicted molar refractivity (Wildman–Crippen MR) is 219 cm³/mol. The van der Waals surface area contributed by atoms with Gasteiger partial charge < -0.3 is 20.1 Å². The number of hydrogen-bond donors (Lipinski definition) is 2. The van der Waals surface area contributed by atoms with Gasteiger partial charge in [-0.25, -0.2) is 4.57 Å². The lowest BCUT2D eigenvalue weighted by Gasteiger charge is -2.19. The Morgan fingerprint density at radius 1 is 0.566 bits per heavy atom. The number of carbonyl (C=O) groups excluding carboxylic acids is 2. The molecule has 0 spiro atoms. The van der Waals surface area contributed by atoms with Crippen molar-refractivity contribution in [3.8, 4) is 0 Å². The molecule has 0 aliphatic carbocycles. The molecule has 10 heteroatoms. The summed E-state index contributed by atoms with van der Waals surface area (Å²) in [6.45, 7) is 3.39. The van der Waals surface area contributed by atoms with Crippen LogP contribution in [-0.2, 0) is 32.7 Å². The molecule has 300 valence electrons. The minimum atomic E-state index is -4.40. The highest BCUT2D eigenvalue weighted by Gasteiger charge is 2.25. The predicted octanol–water partition coefficient (Wildman–Crippen LogP) is 11.0. The molecule has 0 aromatic heterocycles. The fourth-order valence-corrected chi connectivity index (χ4v) is 5.38. The van der Waals surface area contributed by atoms with Crippen LogP contribution in [0.1, 0.15) is 129 Å². The zero-order valence-electron chi connectivity index (χ0n) is 32.7. The minimum Gasteiger partial charge on any atom is -0.462 e. The fraction of sp³-hybridized carbons (Fsp3) is 0.581. The molecule has 0 fully saturated rings. The monoisotopic (exact) mass is 759 g/mol. The van der Waals surface area contributed by atoms with Crippen LogP contribution in [0.4, 0.5) is 0 Å². The van der Waals surface area contributed by atoms with Gasteiger partial charge in [0.15, 0.2) is 6.10 Å². The Morgan fingerprint density at radius 2 is 0.981 bits per heavy atom. The molecule has 0 radical (unpaired) electrons. The number of phosphoric ester groups is 1. The number of rotatable bonds is 35. The molecule has 2 atom stereocenters. The van der Waals surface area contributed by atoms with E-state index in [1.54, 1.807) is 0 Å². The Hall–Kier alpha value is -3.07. The van der Waals surface area contributed by atoms with Crippen LogP contribution in [0.25, 0.3) is 0 Å². The number of nitrogens with two attached hydrogens (primary N) is 1. The maximum atomic E-state index is 12.5. The average molecular weight is 760 g/mol. The topological polar surface area (TPSA) is 134 Å². The summed E-state index contributed by atoms with van der Waals surface area (Å²) in [5.74, 6) is -0.918. The summed E-state index contributed by atoms with van der Waals surface area (Å²) >= 11 is 0. The van der Waals surface area contributed by atoms with Gasteiger partial charge in [-0.2, -0.15) is 0 Å². The number of unbranched alkanes of at least 4 members (excludes halogenated alkanes) is 6. The quantitative estimate of drug-likeness (QED) is 0.0280. The maximum absolute atomic E-state index is 12.5. The van der Waals surface area contributed by atoms with Crippen molar-refractivity contribution in [1.29, 1.82) is 0 Å². The Bertz CT molecular complexity index is 1180. The SMILES string of the molecule is CC/C=C\C/C=C\C/C=C\C/C=C\CCCCCCC(=O)OC[C@H](COP(=O)(O)OCCN)OC(=O)CCCC/C=C\C/C=C\C/C=C\C/C=C\CC. The van der Waals surface area contributed by atoms with Crippen molar-refractivity contribution in [2.45, 2.75) is 136 Å². The molecule has 0 aliphatic heterocycles. The molecule has 0 saturated heterocycles. The molecule has 0 aromatic rings. The molecule has 53 heavy (non-hydrogen) atoms. The van der Waals surface area contributed by atoms with Crippen LogP contribution >= 0.6 is 7.82 Å². The van der Waals surface area contributed by atoms with Crippen molar-refractivity contribution in [3.05, 3.63) is 97.2 Å². The normalized spacial score (nSPS) is 14.4. The van der Waals surface area contributed by atoms with Crippen molar-refractivity contribution < 1.29 is 37.6 Å². The third kappa shape index (κ3) is 38.5. The van der Waals surface area contributed by atoms with Gasteiger partial charge in [0.25, 0.3) is 0 Å². The van der Waals surface area contributed by atoms with Crippen molar-refractivity contribution in [2.75, 3.05) is 26.4 Å². The second kappa shape index (κ2) is 38.6. The Kier molecular flexibility index (Phi) is 36.4. The van der Waals surface area contributed by atoms with Gasteiger partial charge in [-0.1, -0.05) is 124 Å². The first kappa shape index (κ1) is 49.9. The van der Waals surface area contributed by atoms with Gasteiger partial charge in [0.1, 0.15) is 6.61 Å². The van der Waals surface area contributed by atoms with Crippen LogP contribution in [0.2, 0.25) is 0 Å². The molecule has 0 aromatic carbocycles. The van der Waals surface area contributed by atoms with Gasteiger partial charge >= 0.3 is 19.8 Å². The summed E-state index contributed by atoms with van der Waals surface area (Å²) < 4.78 is 32.6. The van der Waals surface area contributed by atoms with Crippen LogP contribution in [0, 0.1) is 0 Å². The summed E-state index contributed by atoms with van der Waals surface area (Å²) in [6.07, 6.45) is 48.7. The van der Waals surface area contributed by atoms with Crippen LogP contribution < -0.4 is 5.73 Å². The zero-order chi connectivity index (χ0) is 38.9. The van der Waals surface area contributed by atoms with Crippen molar-refractivity contribution >= 4 is 19.8 Å². The highest BCUT2D eigenvalue weighted by Crippen LogP contribution is 2.43. The molecular weight excluding hydrogens is 689 g/mol. The van der Waals surface area contributed by atoms with Gasteiger partial charge in [-0.15, -0.1) is 0 Å². The third-order valence-electron chi connectivity index (χ3n) is 7.47. The van der Waals surface area contributed by atoms with E-state index in [4.69, 9.17) is 24.3 Å². The summed E-state index contributed by atoms with van der Waals surface area (Å²) in [5, 5.41) is 0. The summed E-state index contributed by atoms with van der Waals surface area (Å²) in [7, 11) is -4.40. The second-order valence-corrected chi connectivity index (χ2v) is 13.8. The number of ether oxygens (including phenoxy) is 2. The highest BCUT2D eigenvalue weighted by atomic mass is 31.2. The zero-order valence-corrected chi connectivity index (χ0v) is 33.6. The molecule has 3 N–H and O–H groups in total. The highest BCUT2D eigenvalue weighted by molar-refractivity contribution is 7.47. The average Bonchev–Trinajstić information content (AvgIpc) is 3.14. The van der Waals surface area contributed by atoms with Crippen molar-refractivity contribution in [2.24, 2.45) is 5.73 Å². The molecule has 0 amide bonds. The Balaban J connectivity index is 4.35. The van der Waals surface area contributed by atoms with Gasteiger partial charge in [0, 0.05) is 19.4 Å². The largest absolute Gasteiger partial charge is 0.472 e. The summed E-state index contributed by atoms with van der Waals surface area (Å²) in [4.78, 5) is 34.8. The van der Waals surface area contributed by atoms with E-state index >= 15 is 0 Å². The van der Waals surface area contributed by atoms with Gasteiger partial charge in [0.2, 0.25) is 0 Å². The standard InChI is InChI=1S/C43H70NO8P/c1-3-5-7-9-11-13-15-17-19-20-22-23-25-27-29-31-33-35-42(45)49-39-41(40-51-53(47,48)50-38-37-44)52-43(46)36-34-32-30-28-26-24-21-18-16-14-12-10-8-6-4-2/h5-8,11-14,17-19,21-23,26,28,41H,3-4,9-10,15-16,20,24-25,27,29-40,44H2,1-2H3,(H,47,48)/b7-5-,8-6-,13-11-,14-12-,19-17-,21-18-,23-22-,28-26-/t41-/m1/s1. The second-order valence-electron chi connectivity index (χ2n) is 12.4. The number of phosphoric acid groups is 1. The number of hydrogen-bond acceptors (Lipinski definition) is 8. The van der Waals surface area contributed by atoms with E-state index in [0.29, 0.717) is 12.8 Å². The van der Waals surface area contributed by atoms with E-state index < -0.39 is 32.5 Å². The number of allylic oxidation sites excluding steroid dienone is 16. The minimum absolute atomic E-state index is 0.0370. The van der Waals surface area contributed by atoms with E-state index in [-0.39, 0.29) is 32.6 Å². The molecule has 0 aliphatic rings. The molecule has 9 nitrogen and oxygen atoms in total. The third-order valence-corrected chi connectivity index (χ3v) is 8.45. The first-order chi connectivity index (χ1) is 25.8. The fourth-order valence-electron chi connectivity index (χ4n) is 4.61. The lowest BCUT2D eigenvalue weighted by atomic mass is 10.1. The van der Waals surface area contributed by atoms with Gasteiger partial charge in [-0.05, 0) is 89.9 Å². The molecule has 0 heterocycles. The Morgan fingerprint density at radius 3 is 1.47 bits per heavy atom. The van der Waals surface area contributed by atoms with Gasteiger partial charge in [-0.3, -0.25) is 18.6 Å². The number of carbonyl (C=O) groups is 2. The van der Waals surface area contributed by atoms with E-state index in [1.807, 2.05) is 0 Å². The lowest BCUT2D eigenvalue weighted by molar-refractivity contribution is -0.161. The molecule has 0 rings (SSSR count). The molecule has 0 saturated carbocycles. The van der Waals surface area contributed by atoms with Gasteiger partial charge in [0.05, 0.1) is 13.2 Å². The van der Waals surface area contributed by atoms with E-state index in [1.165, 1.54) is 0 Å². The molecular formula is C43H70NO8P. The van der Waals surface area contributed by atoms with E-state index in [0.717, 1.165) is 89.9 Å². The summed E-state index contributed by atoms with van der Waals surface area (Å²) in [6, 6.07) is 0. The summed E-state index contributed by atoms with van der Waals surface area (Å²) in [5.41, 5.74) is 5.33. The molecule has 1 unspecified atom stereocenters. The van der Waals surface area contributed by atoms with Crippen LogP contribution in [-0.4, -0.2) is 49.3 Å². The first-order valence-corrected chi connectivity index (χ1v) is 21.2. The Labute approximate surface area is 321 Å². The molecule has 0 bridgehead atoms. The first-order valence-electron chi connectivity index (χ1n) is 19.7. The number of esters is 2. The van der Waals surface area contributed by atoms with Crippen molar-refractivity contribution in [3.63, 3.8) is 0 Å². The van der Waals surface area contributed by atoms with E-state index in [2.05, 4.69) is 111 Å². The van der Waals surface area contributed by atoms with Crippen molar-refractivity contribution in [1.82, 2.24) is 0 Å². The lowest BCUT2D eigenvalue weighted by Crippen LogP contribution is -2.29. The van der Waals surface area contributed by atoms with E-state index in [9.17, 15) is 19.0 Å². The van der Waals surface area contributed by atoms with Crippen LogP contribution in [0.15, 0.2) is 97.2 Å². The maximum Gasteiger partial charge on any atom is 0.472 e.